The molecule has 174 valence electrons. The van der Waals surface area contributed by atoms with Gasteiger partial charge in [-0.05, 0) is 29.8 Å². The average Bonchev–Trinajstić information content (AvgIpc) is 3.34. The number of nitrogens with zero attached hydrogens (tertiary/aromatic N) is 1. The van der Waals surface area contributed by atoms with E-state index in [1.165, 1.54) is 18.4 Å². The molecule has 1 amide bonds. The second-order valence-electron chi connectivity index (χ2n) is 6.92. The first-order valence-corrected chi connectivity index (χ1v) is 11.3. The summed E-state index contributed by atoms with van der Waals surface area (Å²) in [6, 6.07) is 15.4. The molecule has 0 saturated carbocycles. The topological polar surface area (TPSA) is 164 Å². The molecule has 1 heterocycles. The van der Waals surface area contributed by atoms with Crippen LogP contribution in [-0.2, 0) is 21.4 Å². The van der Waals surface area contributed by atoms with Gasteiger partial charge in [0.1, 0.15) is 11.4 Å². The van der Waals surface area contributed by atoms with Crippen molar-refractivity contribution in [1.29, 1.82) is 0 Å². The Morgan fingerprint density at radius 2 is 1.88 bits per heavy atom. The van der Waals surface area contributed by atoms with Crippen LogP contribution in [-0.4, -0.2) is 37.4 Å². The third-order valence-corrected chi connectivity index (χ3v) is 6.01. The van der Waals surface area contributed by atoms with Crippen LogP contribution in [0.1, 0.15) is 17.4 Å². The average molecular weight is 474 g/mol. The summed E-state index contributed by atoms with van der Waals surface area (Å²) in [6.45, 7) is -0.532. The normalized spacial score (nSPS) is 12.2. The number of hydrogen-bond acceptors (Lipinski definition) is 8. The first kappa shape index (κ1) is 23.9. The Balaban J connectivity index is 1.59. The van der Waals surface area contributed by atoms with Crippen LogP contribution in [0.5, 0.6) is 0 Å². The second-order valence-corrected chi connectivity index (χ2v) is 8.69. The smallest absolute Gasteiger partial charge is 0.293 e. The molecule has 0 bridgehead atoms. The largest absolute Gasteiger partial charge is 0.467 e. The maximum absolute atomic E-state index is 12.5. The molecule has 0 unspecified atom stereocenters. The predicted octanol–water partition coefficient (Wildman–Crippen LogP) is 1.93. The van der Waals surface area contributed by atoms with Crippen LogP contribution in [0.15, 0.2) is 76.2 Å². The van der Waals surface area contributed by atoms with Gasteiger partial charge in [0.2, 0.25) is 15.9 Å². The Labute approximate surface area is 189 Å². The highest BCUT2D eigenvalue weighted by Gasteiger charge is 2.22. The number of benzene rings is 2. The quantitative estimate of drug-likeness (QED) is 0.242. The number of anilines is 1. The number of hydrogen-bond donors (Lipinski definition) is 4. The molecule has 11 nitrogen and oxygen atoms in total. The molecular formula is C21H22N4O7S. The molecule has 12 heteroatoms. The zero-order valence-corrected chi connectivity index (χ0v) is 18.1. The monoisotopic (exact) mass is 474 g/mol. The van der Waals surface area contributed by atoms with Crippen LogP contribution < -0.4 is 15.4 Å². The lowest BCUT2D eigenvalue weighted by atomic mass is 10.1. The van der Waals surface area contributed by atoms with Crippen molar-refractivity contribution in [3.8, 4) is 0 Å². The van der Waals surface area contributed by atoms with Crippen molar-refractivity contribution < 1.29 is 27.7 Å². The fraction of sp³-hybridized carbons (Fsp3) is 0.190. The standard InChI is InChI=1S/C21H22N4O7S/c26-20(15-5-2-1-3-6-15)13-23-21(27)14-24-33(30,31)17-8-9-18(19(11-17)25(28)29)22-12-16-7-4-10-32-16/h1-11,20,22,24,26H,12-14H2,(H,23,27)/t20-/m0/s1. The van der Waals surface area contributed by atoms with E-state index in [-0.39, 0.29) is 23.7 Å². The summed E-state index contributed by atoms with van der Waals surface area (Å²) in [6.07, 6.45) is 0.515. The Kier molecular flexibility index (Phi) is 7.77. The van der Waals surface area contributed by atoms with Crippen molar-refractivity contribution in [2.24, 2.45) is 0 Å². The van der Waals surface area contributed by atoms with E-state index in [0.29, 0.717) is 11.3 Å². The number of carbonyl (C=O) groups is 1. The number of aliphatic hydroxyl groups is 1. The van der Waals surface area contributed by atoms with Crippen molar-refractivity contribution in [3.05, 3.63) is 88.4 Å². The summed E-state index contributed by atoms with van der Waals surface area (Å²) in [5.74, 6) is -0.120. The maximum atomic E-state index is 12.5. The molecule has 1 aromatic heterocycles. The summed E-state index contributed by atoms with van der Waals surface area (Å²) in [7, 11) is -4.20. The van der Waals surface area contributed by atoms with Crippen molar-refractivity contribution >= 4 is 27.3 Å². The van der Waals surface area contributed by atoms with E-state index in [4.69, 9.17) is 4.42 Å². The molecule has 3 aromatic rings. The number of rotatable bonds is 11. The minimum atomic E-state index is -4.20. The van der Waals surface area contributed by atoms with Crippen LogP contribution in [0, 0.1) is 10.1 Å². The molecule has 0 saturated heterocycles. The lowest BCUT2D eigenvalue weighted by Crippen LogP contribution is -2.38. The highest BCUT2D eigenvalue weighted by Crippen LogP contribution is 2.28. The van der Waals surface area contributed by atoms with Crippen LogP contribution >= 0.6 is 0 Å². The third kappa shape index (κ3) is 6.62. The van der Waals surface area contributed by atoms with E-state index in [2.05, 4.69) is 15.4 Å². The Hall–Kier alpha value is -3.74. The molecule has 0 aliphatic carbocycles. The molecule has 2 aromatic carbocycles. The number of aliphatic hydroxyl groups excluding tert-OH is 1. The molecule has 0 radical (unpaired) electrons. The third-order valence-electron chi connectivity index (χ3n) is 4.61. The second kappa shape index (κ2) is 10.7. The van der Waals surface area contributed by atoms with E-state index in [9.17, 15) is 28.4 Å². The van der Waals surface area contributed by atoms with E-state index >= 15 is 0 Å². The molecule has 0 aliphatic rings. The molecule has 4 N–H and O–H groups in total. The minimum absolute atomic E-state index is 0.105. The molecule has 0 spiro atoms. The maximum Gasteiger partial charge on any atom is 0.293 e. The van der Waals surface area contributed by atoms with Crippen molar-refractivity contribution in [3.63, 3.8) is 0 Å². The Bertz CT molecular complexity index is 1200. The van der Waals surface area contributed by atoms with Gasteiger partial charge in [-0.15, -0.1) is 0 Å². The molecule has 1 atom stereocenters. The van der Waals surface area contributed by atoms with E-state index in [1.54, 1.807) is 42.5 Å². The van der Waals surface area contributed by atoms with Gasteiger partial charge in [0.15, 0.2) is 0 Å². The van der Waals surface area contributed by atoms with Crippen molar-refractivity contribution in [2.45, 2.75) is 17.5 Å². The fourth-order valence-electron chi connectivity index (χ4n) is 2.88. The lowest BCUT2D eigenvalue weighted by molar-refractivity contribution is -0.384. The Morgan fingerprint density at radius 1 is 1.12 bits per heavy atom. The summed E-state index contributed by atoms with van der Waals surface area (Å²) < 4.78 is 32.3. The molecule has 33 heavy (non-hydrogen) atoms. The van der Waals surface area contributed by atoms with Gasteiger partial charge < -0.3 is 20.2 Å². The summed E-state index contributed by atoms with van der Waals surface area (Å²) in [5.41, 5.74) is 0.272. The lowest BCUT2D eigenvalue weighted by Gasteiger charge is -2.13. The van der Waals surface area contributed by atoms with E-state index in [0.717, 1.165) is 6.07 Å². The number of carbonyl (C=O) groups excluding carboxylic acids is 1. The van der Waals surface area contributed by atoms with Crippen molar-refractivity contribution in [2.75, 3.05) is 18.4 Å². The number of furan rings is 1. The van der Waals surface area contributed by atoms with Crippen LogP contribution in [0.3, 0.4) is 0 Å². The highest BCUT2D eigenvalue weighted by atomic mass is 32.2. The number of sulfonamides is 1. The van der Waals surface area contributed by atoms with E-state index in [1.807, 2.05) is 0 Å². The summed E-state index contributed by atoms with van der Waals surface area (Å²) in [4.78, 5) is 22.4. The molecular weight excluding hydrogens is 452 g/mol. The van der Waals surface area contributed by atoms with E-state index < -0.39 is 39.2 Å². The first-order chi connectivity index (χ1) is 15.8. The summed E-state index contributed by atoms with van der Waals surface area (Å²) >= 11 is 0. The van der Waals surface area contributed by atoms with Gasteiger partial charge in [0.05, 0.1) is 35.3 Å². The highest BCUT2D eigenvalue weighted by molar-refractivity contribution is 7.89. The van der Waals surface area contributed by atoms with Crippen LogP contribution in [0.4, 0.5) is 11.4 Å². The van der Waals surface area contributed by atoms with Crippen LogP contribution in [0.2, 0.25) is 0 Å². The van der Waals surface area contributed by atoms with Gasteiger partial charge in [-0.25, -0.2) is 13.1 Å². The van der Waals surface area contributed by atoms with Crippen LogP contribution in [0.25, 0.3) is 0 Å². The number of nitro benzene ring substituents is 1. The fourth-order valence-corrected chi connectivity index (χ4v) is 3.89. The minimum Gasteiger partial charge on any atom is -0.467 e. The van der Waals surface area contributed by atoms with Gasteiger partial charge in [0.25, 0.3) is 5.69 Å². The van der Waals surface area contributed by atoms with Gasteiger partial charge in [0, 0.05) is 12.6 Å². The number of nitro groups is 1. The van der Waals surface area contributed by atoms with Gasteiger partial charge in [-0.2, -0.15) is 0 Å². The van der Waals surface area contributed by atoms with Crippen molar-refractivity contribution in [1.82, 2.24) is 10.0 Å². The molecule has 3 rings (SSSR count). The zero-order valence-electron chi connectivity index (χ0n) is 17.3. The predicted molar refractivity (Wildman–Crippen MR) is 119 cm³/mol. The SMILES string of the molecule is O=C(CNS(=O)(=O)c1ccc(NCc2ccco2)c([N+](=O)[O-])c1)NC[C@H](O)c1ccccc1. The first-order valence-electron chi connectivity index (χ1n) is 9.80. The molecule has 0 fully saturated rings. The van der Waals surface area contributed by atoms with Gasteiger partial charge in [-0.1, -0.05) is 30.3 Å². The van der Waals surface area contributed by atoms with Gasteiger partial charge >= 0.3 is 0 Å². The molecule has 0 aliphatic heterocycles. The van der Waals surface area contributed by atoms with Gasteiger partial charge in [-0.3, -0.25) is 14.9 Å². The summed E-state index contributed by atoms with van der Waals surface area (Å²) in [5, 5.41) is 26.8. The zero-order chi connectivity index (χ0) is 23.8. The Morgan fingerprint density at radius 3 is 2.55 bits per heavy atom. The number of nitrogens with one attached hydrogen (secondary N) is 3. The number of amides is 1.